The Bertz CT molecular complexity index is 583. The van der Waals surface area contributed by atoms with Crippen LogP contribution in [0.4, 0.5) is 0 Å². The summed E-state index contributed by atoms with van der Waals surface area (Å²) in [6, 6.07) is 6.27. The summed E-state index contributed by atoms with van der Waals surface area (Å²) >= 11 is 0. The number of carbonyl (C=O) groups excluding carboxylic acids is 1. The Morgan fingerprint density at radius 3 is 2.40 bits per heavy atom. The van der Waals surface area contributed by atoms with E-state index in [1.165, 1.54) is 12.1 Å². The number of nitrogens with two attached hydrogens (primary N) is 2. The summed E-state index contributed by atoms with van der Waals surface area (Å²) in [4.78, 5) is 12.0. The SMILES string of the molecule is NC1CCC(C(=O)NCc2ccc(S(N)(=O)=O)cc2)C1. The van der Waals surface area contributed by atoms with Crippen molar-refractivity contribution < 1.29 is 13.2 Å². The predicted octanol–water partition coefficient (Wildman–Crippen LogP) is 0.0776. The van der Waals surface area contributed by atoms with Gasteiger partial charge in [-0.3, -0.25) is 4.79 Å². The van der Waals surface area contributed by atoms with Crippen molar-refractivity contribution in [2.75, 3.05) is 0 Å². The fraction of sp³-hybridized carbons (Fsp3) is 0.462. The fourth-order valence-corrected chi connectivity index (χ4v) is 2.90. The lowest BCUT2D eigenvalue weighted by molar-refractivity contribution is -0.125. The van der Waals surface area contributed by atoms with E-state index in [1.807, 2.05) is 0 Å². The van der Waals surface area contributed by atoms with E-state index in [9.17, 15) is 13.2 Å². The van der Waals surface area contributed by atoms with Crippen molar-refractivity contribution in [3.8, 4) is 0 Å². The van der Waals surface area contributed by atoms with Gasteiger partial charge in [-0.15, -0.1) is 0 Å². The second-order valence-corrected chi connectivity index (χ2v) is 6.74. The van der Waals surface area contributed by atoms with Crippen LogP contribution in [0.1, 0.15) is 24.8 Å². The van der Waals surface area contributed by atoms with E-state index in [0.717, 1.165) is 24.8 Å². The van der Waals surface area contributed by atoms with E-state index in [0.29, 0.717) is 6.54 Å². The highest BCUT2D eigenvalue weighted by Gasteiger charge is 2.27. The van der Waals surface area contributed by atoms with Crippen LogP contribution in [0.2, 0.25) is 0 Å². The van der Waals surface area contributed by atoms with Crippen LogP contribution in [0.3, 0.4) is 0 Å². The molecule has 2 atom stereocenters. The molecule has 0 aliphatic heterocycles. The van der Waals surface area contributed by atoms with E-state index in [4.69, 9.17) is 10.9 Å². The number of amides is 1. The van der Waals surface area contributed by atoms with Gasteiger partial charge in [0.15, 0.2) is 0 Å². The highest BCUT2D eigenvalue weighted by Crippen LogP contribution is 2.24. The summed E-state index contributed by atoms with van der Waals surface area (Å²) in [5.41, 5.74) is 6.61. The van der Waals surface area contributed by atoms with E-state index in [1.54, 1.807) is 12.1 Å². The summed E-state index contributed by atoms with van der Waals surface area (Å²) < 4.78 is 22.2. The minimum absolute atomic E-state index is 0.00584. The standard InChI is InChI=1S/C13H19N3O3S/c14-11-4-3-10(7-11)13(17)16-8-9-1-5-12(6-2-9)20(15,18)19/h1-2,5-6,10-11H,3-4,7-8,14H2,(H,16,17)(H2,15,18,19). The fourth-order valence-electron chi connectivity index (χ4n) is 2.39. The molecule has 1 aromatic carbocycles. The second kappa shape index (κ2) is 5.90. The maximum Gasteiger partial charge on any atom is 0.238 e. The first kappa shape index (κ1) is 15.0. The molecule has 1 amide bonds. The molecule has 1 fully saturated rings. The molecule has 0 heterocycles. The Morgan fingerprint density at radius 2 is 1.90 bits per heavy atom. The minimum Gasteiger partial charge on any atom is -0.352 e. The van der Waals surface area contributed by atoms with E-state index in [-0.39, 0.29) is 22.8 Å². The van der Waals surface area contributed by atoms with Gasteiger partial charge in [-0.2, -0.15) is 0 Å². The summed E-state index contributed by atoms with van der Waals surface area (Å²) in [5.74, 6) is 0.00201. The van der Waals surface area contributed by atoms with Gasteiger partial charge in [0, 0.05) is 18.5 Å². The third-order valence-electron chi connectivity index (χ3n) is 3.56. The lowest BCUT2D eigenvalue weighted by Gasteiger charge is -2.11. The van der Waals surface area contributed by atoms with Crippen molar-refractivity contribution in [1.82, 2.24) is 5.32 Å². The monoisotopic (exact) mass is 297 g/mol. The van der Waals surface area contributed by atoms with Crippen LogP contribution in [0.25, 0.3) is 0 Å². The normalized spacial score (nSPS) is 22.7. The molecule has 20 heavy (non-hydrogen) atoms. The average Bonchev–Trinajstić information content (AvgIpc) is 2.82. The third kappa shape index (κ3) is 3.78. The van der Waals surface area contributed by atoms with Gasteiger partial charge in [0.05, 0.1) is 4.90 Å². The van der Waals surface area contributed by atoms with E-state index in [2.05, 4.69) is 5.32 Å². The summed E-state index contributed by atoms with van der Waals surface area (Å²) in [6.07, 6.45) is 2.45. The topological polar surface area (TPSA) is 115 Å². The molecule has 0 bridgehead atoms. The second-order valence-electron chi connectivity index (χ2n) is 5.18. The zero-order valence-electron chi connectivity index (χ0n) is 11.1. The van der Waals surface area contributed by atoms with Gasteiger partial charge < -0.3 is 11.1 Å². The summed E-state index contributed by atoms with van der Waals surface area (Å²) in [5, 5.41) is 7.86. The molecule has 0 radical (unpaired) electrons. The number of hydrogen-bond acceptors (Lipinski definition) is 4. The number of rotatable bonds is 4. The van der Waals surface area contributed by atoms with E-state index < -0.39 is 10.0 Å². The average molecular weight is 297 g/mol. The van der Waals surface area contributed by atoms with Crippen LogP contribution in [0.5, 0.6) is 0 Å². The van der Waals surface area contributed by atoms with Gasteiger partial charge in [-0.1, -0.05) is 12.1 Å². The molecule has 110 valence electrons. The zero-order chi connectivity index (χ0) is 14.8. The number of benzene rings is 1. The highest BCUT2D eigenvalue weighted by molar-refractivity contribution is 7.89. The molecule has 6 nitrogen and oxygen atoms in total. The quantitative estimate of drug-likeness (QED) is 0.729. The largest absolute Gasteiger partial charge is 0.352 e. The molecule has 1 aliphatic rings. The molecular formula is C13H19N3O3S. The molecular weight excluding hydrogens is 278 g/mol. The zero-order valence-corrected chi connectivity index (χ0v) is 11.9. The third-order valence-corrected chi connectivity index (χ3v) is 4.49. The van der Waals surface area contributed by atoms with Crippen molar-refractivity contribution in [3.05, 3.63) is 29.8 Å². The van der Waals surface area contributed by atoms with Crippen molar-refractivity contribution in [2.45, 2.75) is 36.7 Å². The highest BCUT2D eigenvalue weighted by atomic mass is 32.2. The first-order valence-corrected chi connectivity index (χ1v) is 8.06. The molecule has 0 spiro atoms. The minimum atomic E-state index is -3.67. The Morgan fingerprint density at radius 1 is 1.25 bits per heavy atom. The van der Waals surface area contributed by atoms with Gasteiger partial charge >= 0.3 is 0 Å². The maximum absolute atomic E-state index is 11.9. The lowest BCUT2D eigenvalue weighted by atomic mass is 10.1. The first-order valence-electron chi connectivity index (χ1n) is 6.51. The summed E-state index contributed by atoms with van der Waals surface area (Å²) in [6.45, 7) is 0.371. The maximum atomic E-state index is 11.9. The number of carbonyl (C=O) groups is 1. The van der Waals surface area contributed by atoms with Crippen LogP contribution in [-0.4, -0.2) is 20.4 Å². The number of nitrogens with one attached hydrogen (secondary N) is 1. The Hall–Kier alpha value is -1.44. The molecule has 1 aromatic rings. The summed E-state index contributed by atoms with van der Waals surface area (Å²) in [7, 11) is -3.67. The Balaban J connectivity index is 1.90. The molecule has 1 saturated carbocycles. The molecule has 1 aliphatic carbocycles. The van der Waals surface area contributed by atoms with Crippen LogP contribution in [0.15, 0.2) is 29.2 Å². The van der Waals surface area contributed by atoms with Crippen LogP contribution in [-0.2, 0) is 21.4 Å². The first-order chi connectivity index (χ1) is 9.36. The van der Waals surface area contributed by atoms with Gasteiger partial charge in [0.2, 0.25) is 15.9 Å². The van der Waals surface area contributed by atoms with Gasteiger partial charge in [-0.05, 0) is 37.0 Å². The molecule has 2 rings (SSSR count). The molecule has 0 aromatic heterocycles. The van der Waals surface area contributed by atoms with Crippen LogP contribution >= 0.6 is 0 Å². The van der Waals surface area contributed by atoms with Crippen molar-refractivity contribution >= 4 is 15.9 Å². The van der Waals surface area contributed by atoms with Crippen LogP contribution < -0.4 is 16.2 Å². The van der Waals surface area contributed by atoms with Crippen molar-refractivity contribution in [2.24, 2.45) is 16.8 Å². The number of sulfonamides is 1. The van der Waals surface area contributed by atoms with Gasteiger partial charge in [0.25, 0.3) is 0 Å². The smallest absolute Gasteiger partial charge is 0.238 e. The van der Waals surface area contributed by atoms with Crippen molar-refractivity contribution in [3.63, 3.8) is 0 Å². The molecule has 7 heteroatoms. The molecule has 0 saturated heterocycles. The van der Waals surface area contributed by atoms with E-state index >= 15 is 0 Å². The Kier molecular flexibility index (Phi) is 4.42. The molecule has 5 N–H and O–H groups in total. The predicted molar refractivity (Wildman–Crippen MR) is 75.0 cm³/mol. The van der Waals surface area contributed by atoms with Crippen molar-refractivity contribution in [1.29, 1.82) is 0 Å². The van der Waals surface area contributed by atoms with Gasteiger partial charge in [0.1, 0.15) is 0 Å². The number of primary sulfonamides is 1. The number of hydrogen-bond donors (Lipinski definition) is 3. The van der Waals surface area contributed by atoms with Crippen LogP contribution in [0, 0.1) is 5.92 Å². The molecule has 2 unspecified atom stereocenters. The van der Waals surface area contributed by atoms with Gasteiger partial charge in [-0.25, -0.2) is 13.6 Å². The lowest BCUT2D eigenvalue weighted by Crippen LogP contribution is -2.30. The Labute approximate surface area is 118 Å².